The van der Waals surface area contributed by atoms with Gasteiger partial charge in [-0.25, -0.2) is 9.37 Å². The Kier molecular flexibility index (Phi) is 6.11. The minimum Gasteiger partial charge on any atom is -0.396 e. The number of aliphatic hydroxyl groups is 2. The van der Waals surface area contributed by atoms with Gasteiger partial charge < -0.3 is 20.8 Å². The molecule has 2 unspecified atom stereocenters. The van der Waals surface area contributed by atoms with Gasteiger partial charge in [-0.05, 0) is 55.3 Å². The topological polar surface area (TPSA) is 82.6 Å². The molecule has 2 heterocycles. The monoisotopic (exact) mass is 487 g/mol. The highest BCUT2D eigenvalue weighted by molar-refractivity contribution is 5.73. The predicted molar refractivity (Wildman–Crippen MR) is 126 cm³/mol. The lowest BCUT2D eigenvalue weighted by Gasteiger charge is -2.30. The Morgan fingerprint density at radius 1 is 1.06 bits per heavy atom. The Morgan fingerprint density at radius 3 is 2.31 bits per heavy atom. The number of aromatic nitrogens is 1. The minimum absolute atomic E-state index is 0.109. The number of nitrogens with two attached hydrogens (primary N) is 1. The predicted octanol–water partition coefficient (Wildman–Crippen LogP) is 5.54. The van der Waals surface area contributed by atoms with Crippen LogP contribution in [0.25, 0.3) is 11.3 Å². The Morgan fingerprint density at radius 2 is 1.71 bits per heavy atom. The summed E-state index contributed by atoms with van der Waals surface area (Å²) >= 11 is 0. The highest BCUT2D eigenvalue weighted by Crippen LogP contribution is 2.47. The van der Waals surface area contributed by atoms with Gasteiger partial charge in [0.15, 0.2) is 5.82 Å². The van der Waals surface area contributed by atoms with Gasteiger partial charge in [-0.1, -0.05) is 30.8 Å². The Balaban J connectivity index is 1.81. The van der Waals surface area contributed by atoms with Crippen molar-refractivity contribution in [2.24, 2.45) is 0 Å². The number of alkyl halides is 3. The number of halogens is 4. The molecule has 1 saturated heterocycles. The summed E-state index contributed by atoms with van der Waals surface area (Å²) in [6.45, 7) is 7.16. The molecule has 5 nitrogen and oxygen atoms in total. The molecule has 2 aromatic carbocycles. The molecule has 4 N–H and O–H groups in total. The van der Waals surface area contributed by atoms with Crippen LogP contribution in [0.5, 0.6) is 0 Å². The van der Waals surface area contributed by atoms with E-state index < -0.39 is 35.3 Å². The normalized spacial score (nSPS) is 18.9. The standard InChI is InChI=1S/C26H25F4N3O2/c1-14-23(34)13-22(18-12-17(27)8-9-19(18)26(28,29)30)33(14)24-20(31)10-11-21(32-24)15-4-6-16(7-5-15)25(2,3)35/h4-12,22-23,34-35H,1,13,31H2,2-3H3. The Labute approximate surface area is 200 Å². The van der Waals surface area contributed by atoms with Gasteiger partial charge in [-0.2, -0.15) is 13.2 Å². The van der Waals surface area contributed by atoms with E-state index in [4.69, 9.17) is 5.73 Å². The van der Waals surface area contributed by atoms with Crippen LogP contribution in [0.4, 0.5) is 29.1 Å². The summed E-state index contributed by atoms with van der Waals surface area (Å²) in [5.74, 6) is -0.723. The quantitative estimate of drug-likeness (QED) is 0.421. The third kappa shape index (κ3) is 4.74. The van der Waals surface area contributed by atoms with Crippen molar-refractivity contribution in [3.8, 4) is 11.3 Å². The van der Waals surface area contributed by atoms with Crippen LogP contribution in [0.3, 0.4) is 0 Å². The molecule has 4 rings (SSSR count). The van der Waals surface area contributed by atoms with E-state index in [1.165, 1.54) is 4.90 Å². The van der Waals surface area contributed by atoms with E-state index in [9.17, 15) is 27.8 Å². The second-order valence-electron chi connectivity index (χ2n) is 9.10. The third-order valence-electron chi connectivity index (χ3n) is 6.15. The average Bonchev–Trinajstić information content (AvgIpc) is 3.07. The molecule has 1 aromatic heterocycles. The number of nitrogen functional groups attached to an aromatic ring is 1. The number of pyridine rings is 1. The summed E-state index contributed by atoms with van der Waals surface area (Å²) in [7, 11) is 0. The van der Waals surface area contributed by atoms with Crippen molar-refractivity contribution in [1.82, 2.24) is 4.98 Å². The van der Waals surface area contributed by atoms with Gasteiger partial charge in [0.2, 0.25) is 0 Å². The van der Waals surface area contributed by atoms with Crippen LogP contribution in [-0.2, 0) is 11.8 Å². The van der Waals surface area contributed by atoms with Crippen molar-refractivity contribution < 1.29 is 27.8 Å². The number of benzene rings is 2. The zero-order valence-electron chi connectivity index (χ0n) is 19.1. The zero-order valence-corrected chi connectivity index (χ0v) is 19.1. The fraction of sp³-hybridized carbons (Fsp3) is 0.269. The van der Waals surface area contributed by atoms with Crippen LogP contribution in [0, 0.1) is 5.82 Å². The van der Waals surface area contributed by atoms with Gasteiger partial charge >= 0.3 is 6.18 Å². The molecule has 1 fully saturated rings. The van der Waals surface area contributed by atoms with Crippen molar-refractivity contribution in [2.75, 3.05) is 10.6 Å². The van der Waals surface area contributed by atoms with Crippen molar-refractivity contribution in [3.05, 3.63) is 89.4 Å². The second kappa shape index (κ2) is 8.66. The van der Waals surface area contributed by atoms with Gasteiger partial charge in [-0.15, -0.1) is 0 Å². The van der Waals surface area contributed by atoms with Crippen LogP contribution < -0.4 is 10.6 Å². The molecule has 35 heavy (non-hydrogen) atoms. The molecule has 3 aromatic rings. The van der Waals surface area contributed by atoms with Gasteiger partial charge in [-0.3, -0.25) is 0 Å². The molecule has 0 radical (unpaired) electrons. The van der Waals surface area contributed by atoms with Crippen molar-refractivity contribution >= 4 is 11.5 Å². The van der Waals surface area contributed by atoms with Gasteiger partial charge in [0.05, 0.1) is 34.7 Å². The first-order valence-electron chi connectivity index (χ1n) is 10.9. The summed E-state index contributed by atoms with van der Waals surface area (Å²) in [5, 5.41) is 20.7. The number of anilines is 2. The van der Waals surface area contributed by atoms with Crippen molar-refractivity contribution in [1.29, 1.82) is 0 Å². The molecule has 0 amide bonds. The summed E-state index contributed by atoms with van der Waals surface area (Å²) in [4.78, 5) is 5.93. The van der Waals surface area contributed by atoms with Crippen LogP contribution in [0.1, 0.15) is 43.0 Å². The highest BCUT2D eigenvalue weighted by atomic mass is 19.4. The first-order valence-corrected chi connectivity index (χ1v) is 10.9. The van der Waals surface area contributed by atoms with E-state index in [2.05, 4.69) is 11.6 Å². The first kappa shape index (κ1) is 24.7. The summed E-state index contributed by atoms with van der Waals surface area (Å²) in [6, 6.07) is 11.4. The SMILES string of the molecule is C=C1C(O)CC(c2cc(F)ccc2C(F)(F)F)N1c1nc(-c2ccc(C(C)(C)O)cc2)ccc1N. The summed E-state index contributed by atoms with van der Waals surface area (Å²) in [6.07, 6.45) is -6.04. The van der Waals surface area contributed by atoms with E-state index >= 15 is 0 Å². The van der Waals surface area contributed by atoms with E-state index in [1.54, 1.807) is 50.2 Å². The number of hydrogen-bond donors (Lipinski definition) is 3. The summed E-state index contributed by atoms with van der Waals surface area (Å²) in [5.41, 5.74) is 5.92. The van der Waals surface area contributed by atoms with Gasteiger partial charge in [0.1, 0.15) is 5.82 Å². The lowest BCUT2D eigenvalue weighted by molar-refractivity contribution is -0.138. The van der Waals surface area contributed by atoms with Crippen LogP contribution in [-0.4, -0.2) is 21.3 Å². The van der Waals surface area contributed by atoms with E-state index in [0.29, 0.717) is 22.9 Å². The number of hydrogen-bond acceptors (Lipinski definition) is 5. The van der Waals surface area contributed by atoms with E-state index in [-0.39, 0.29) is 29.2 Å². The van der Waals surface area contributed by atoms with Crippen LogP contribution in [0.2, 0.25) is 0 Å². The smallest absolute Gasteiger partial charge is 0.396 e. The molecule has 1 aliphatic heterocycles. The Bertz CT molecular complexity index is 1270. The third-order valence-corrected chi connectivity index (χ3v) is 6.15. The molecule has 0 bridgehead atoms. The molecule has 1 aliphatic rings. The average molecular weight is 487 g/mol. The fourth-order valence-corrected chi connectivity index (χ4v) is 4.29. The fourth-order valence-electron chi connectivity index (χ4n) is 4.29. The molecule has 0 spiro atoms. The molecular weight excluding hydrogens is 462 g/mol. The molecular formula is C26H25F4N3O2. The second-order valence-corrected chi connectivity index (χ2v) is 9.10. The van der Waals surface area contributed by atoms with Gasteiger partial charge in [0, 0.05) is 17.7 Å². The molecule has 0 saturated carbocycles. The first-order chi connectivity index (χ1) is 16.3. The maximum Gasteiger partial charge on any atom is 0.416 e. The largest absolute Gasteiger partial charge is 0.416 e. The maximum atomic E-state index is 14.1. The molecule has 9 heteroatoms. The van der Waals surface area contributed by atoms with Crippen molar-refractivity contribution in [2.45, 2.75) is 44.2 Å². The lowest BCUT2D eigenvalue weighted by Crippen LogP contribution is -2.26. The molecule has 184 valence electrons. The van der Waals surface area contributed by atoms with Crippen molar-refractivity contribution in [3.63, 3.8) is 0 Å². The zero-order chi connectivity index (χ0) is 25.7. The molecule has 2 atom stereocenters. The van der Waals surface area contributed by atoms with E-state index in [1.807, 2.05) is 0 Å². The Hall–Kier alpha value is -3.43. The molecule has 0 aliphatic carbocycles. The van der Waals surface area contributed by atoms with Gasteiger partial charge in [0.25, 0.3) is 0 Å². The number of rotatable bonds is 4. The summed E-state index contributed by atoms with van der Waals surface area (Å²) < 4.78 is 55.3. The number of aliphatic hydroxyl groups excluding tert-OH is 1. The lowest BCUT2D eigenvalue weighted by atomic mass is 9.96. The maximum absolute atomic E-state index is 14.1. The highest BCUT2D eigenvalue weighted by Gasteiger charge is 2.43. The van der Waals surface area contributed by atoms with Crippen LogP contribution in [0.15, 0.2) is 66.9 Å². The van der Waals surface area contributed by atoms with Crippen LogP contribution >= 0.6 is 0 Å². The number of nitrogens with zero attached hydrogens (tertiary/aromatic N) is 2. The van der Waals surface area contributed by atoms with E-state index in [0.717, 1.165) is 12.1 Å². The minimum atomic E-state index is -4.73.